The van der Waals surface area contributed by atoms with Crippen LogP contribution in [0.15, 0.2) is 16.7 Å². The number of halogens is 1. The number of hydrogen-bond acceptors (Lipinski definition) is 4. The number of hydrogen-bond donors (Lipinski definition) is 1. The maximum Gasteiger partial charge on any atom is 0.257 e. The molecule has 1 amide bonds. The lowest BCUT2D eigenvalue weighted by molar-refractivity contribution is 0.0711. The van der Waals surface area contributed by atoms with Crippen molar-refractivity contribution >= 4 is 27.7 Å². The molecule has 1 aromatic heterocycles. The average molecular weight is 339 g/mol. The summed E-state index contributed by atoms with van der Waals surface area (Å²) in [7, 11) is 0. The van der Waals surface area contributed by atoms with Gasteiger partial charge in [0.25, 0.3) is 5.91 Å². The van der Waals surface area contributed by atoms with Crippen LogP contribution in [0.4, 0.5) is 5.82 Å². The van der Waals surface area contributed by atoms with Crippen LogP contribution in [0.2, 0.25) is 0 Å². The van der Waals surface area contributed by atoms with Crippen molar-refractivity contribution in [2.45, 2.75) is 33.2 Å². The zero-order valence-corrected chi connectivity index (χ0v) is 13.6. The molecule has 5 nitrogen and oxygen atoms in total. The quantitative estimate of drug-likeness (QED) is 0.865. The average Bonchev–Trinajstić information content (AvgIpc) is 2.41. The van der Waals surface area contributed by atoms with Crippen molar-refractivity contribution in [2.75, 3.05) is 18.4 Å². The summed E-state index contributed by atoms with van der Waals surface area (Å²) in [4.78, 5) is 18.6. The fourth-order valence-electron chi connectivity index (χ4n) is 1.83. The van der Waals surface area contributed by atoms with E-state index in [2.05, 4.69) is 32.3 Å². The Bertz CT molecular complexity index is 510. The molecule has 0 bridgehead atoms. The second kappa shape index (κ2) is 7.85. The molecule has 0 unspecified atom stereocenters. The van der Waals surface area contributed by atoms with Crippen molar-refractivity contribution in [3.05, 3.63) is 22.3 Å². The van der Waals surface area contributed by atoms with Crippen LogP contribution in [0.25, 0.3) is 0 Å². The minimum absolute atomic E-state index is 0.0318. The van der Waals surface area contributed by atoms with Crippen LogP contribution >= 0.6 is 15.9 Å². The normalized spacial score (nSPS) is 10.2. The SMILES string of the molecule is CCNc1ncc(Br)cc1C(=O)N(CCC#N)C(C)C. The van der Waals surface area contributed by atoms with E-state index >= 15 is 0 Å². The summed E-state index contributed by atoms with van der Waals surface area (Å²) < 4.78 is 0.756. The van der Waals surface area contributed by atoms with Gasteiger partial charge in [0.2, 0.25) is 0 Å². The molecule has 1 aromatic rings. The molecule has 0 radical (unpaired) electrons. The molecule has 108 valence electrons. The maximum atomic E-state index is 12.7. The molecule has 0 aromatic carbocycles. The Morgan fingerprint density at radius 2 is 2.30 bits per heavy atom. The zero-order valence-electron chi connectivity index (χ0n) is 12.0. The summed E-state index contributed by atoms with van der Waals surface area (Å²) in [6, 6.07) is 3.87. The van der Waals surface area contributed by atoms with Crippen molar-refractivity contribution in [2.24, 2.45) is 0 Å². The molecular weight excluding hydrogens is 320 g/mol. The highest BCUT2D eigenvalue weighted by atomic mass is 79.9. The third-order valence-electron chi connectivity index (χ3n) is 2.78. The summed E-state index contributed by atoms with van der Waals surface area (Å²) >= 11 is 3.34. The number of carbonyl (C=O) groups is 1. The number of aromatic nitrogens is 1. The van der Waals surface area contributed by atoms with Crippen LogP contribution in [0.3, 0.4) is 0 Å². The second-order valence-electron chi connectivity index (χ2n) is 4.58. The van der Waals surface area contributed by atoms with E-state index in [1.807, 2.05) is 20.8 Å². The smallest absolute Gasteiger partial charge is 0.257 e. The summed E-state index contributed by atoms with van der Waals surface area (Å²) in [6.07, 6.45) is 1.98. The highest BCUT2D eigenvalue weighted by Crippen LogP contribution is 2.21. The lowest BCUT2D eigenvalue weighted by Crippen LogP contribution is -2.38. The van der Waals surface area contributed by atoms with Crippen LogP contribution in [-0.4, -0.2) is 34.9 Å². The van der Waals surface area contributed by atoms with Crippen molar-refractivity contribution in [3.63, 3.8) is 0 Å². The number of amides is 1. The molecule has 0 fully saturated rings. The van der Waals surface area contributed by atoms with Crippen LogP contribution in [0.1, 0.15) is 37.6 Å². The molecular formula is C14H19BrN4O. The first-order valence-corrected chi connectivity index (χ1v) is 7.37. The van der Waals surface area contributed by atoms with Gasteiger partial charge in [-0.3, -0.25) is 4.79 Å². The van der Waals surface area contributed by atoms with Crippen molar-refractivity contribution < 1.29 is 4.79 Å². The number of rotatable bonds is 6. The molecule has 20 heavy (non-hydrogen) atoms. The van der Waals surface area contributed by atoms with E-state index in [0.29, 0.717) is 30.9 Å². The number of pyridine rings is 1. The Hall–Kier alpha value is -1.61. The summed E-state index contributed by atoms with van der Waals surface area (Å²) in [6.45, 7) is 6.94. The van der Waals surface area contributed by atoms with E-state index < -0.39 is 0 Å². The summed E-state index contributed by atoms with van der Waals surface area (Å²) in [5.74, 6) is 0.461. The molecule has 1 rings (SSSR count). The first kappa shape index (κ1) is 16.4. The number of nitrogens with one attached hydrogen (secondary N) is 1. The van der Waals surface area contributed by atoms with Gasteiger partial charge in [0, 0.05) is 29.8 Å². The van der Waals surface area contributed by atoms with Gasteiger partial charge in [-0.05, 0) is 42.8 Å². The second-order valence-corrected chi connectivity index (χ2v) is 5.50. The molecule has 0 saturated heterocycles. The number of anilines is 1. The number of nitrogens with zero attached hydrogens (tertiary/aromatic N) is 3. The minimum Gasteiger partial charge on any atom is -0.370 e. The first-order chi connectivity index (χ1) is 9.51. The van der Waals surface area contributed by atoms with Crippen LogP contribution in [0.5, 0.6) is 0 Å². The van der Waals surface area contributed by atoms with Crippen LogP contribution in [0, 0.1) is 11.3 Å². The van der Waals surface area contributed by atoms with Gasteiger partial charge < -0.3 is 10.2 Å². The van der Waals surface area contributed by atoms with Gasteiger partial charge in [0.05, 0.1) is 18.1 Å². The lowest BCUT2D eigenvalue weighted by Gasteiger charge is -2.26. The zero-order chi connectivity index (χ0) is 15.1. The Balaban J connectivity index is 3.10. The van der Waals surface area contributed by atoms with E-state index in [-0.39, 0.29) is 11.9 Å². The third kappa shape index (κ3) is 4.20. The van der Waals surface area contributed by atoms with Gasteiger partial charge in [-0.1, -0.05) is 0 Å². The van der Waals surface area contributed by atoms with Gasteiger partial charge in [-0.25, -0.2) is 4.98 Å². The molecule has 0 aliphatic rings. The molecule has 1 N–H and O–H groups in total. The van der Waals surface area contributed by atoms with Gasteiger partial charge in [0.1, 0.15) is 5.82 Å². The van der Waals surface area contributed by atoms with Crippen molar-refractivity contribution in [3.8, 4) is 6.07 Å². The fourth-order valence-corrected chi connectivity index (χ4v) is 2.16. The topological polar surface area (TPSA) is 69.0 Å². The van der Waals surface area contributed by atoms with Crippen LogP contribution < -0.4 is 5.32 Å². The van der Waals surface area contributed by atoms with E-state index in [9.17, 15) is 4.79 Å². The molecule has 0 spiro atoms. The summed E-state index contributed by atoms with van der Waals surface area (Å²) in [5, 5.41) is 11.8. The molecule has 6 heteroatoms. The van der Waals surface area contributed by atoms with E-state index in [1.165, 1.54) is 0 Å². The van der Waals surface area contributed by atoms with Crippen molar-refractivity contribution in [1.82, 2.24) is 9.88 Å². The molecule has 0 atom stereocenters. The highest BCUT2D eigenvalue weighted by molar-refractivity contribution is 9.10. The largest absolute Gasteiger partial charge is 0.370 e. The maximum absolute atomic E-state index is 12.7. The molecule has 1 heterocycles. The van der Waals surface area contributed by atoms with E-state index in [0.717, 1.165) is 4.47 Å². The molecule has 0 aliphatic heterocycles. The molecule has 0 saturated carbocycles. The Morgan fingerprint density at radius 1 is 1.60 bits per heavy atom. The number of carbonyl (C=O) groups excluding carboxylic acids is 1. The standard InChI is InChI=1S/C14H19BrN4O/c1-4-17-13-12(8-11(15)9-18-13)14(20)19(10(2)3)7-5-6-16/h8-10H,4-5,7H2,1-3H3,(H,17,18). The van der Waals surface area contributed by atoms with E-state index in [4.69, 9.17) is 5.26 Å². The van der Waals surface area contributed by atoms with Gasteiger partial charge in [-0.2, -0.15) is 5.26 Å². The first-order valence-electron chi connectivity index (χ1n) is 6.58. The Labute approximate surface area is 128 Å². The van der Waals surface area contributed by atoms with Gasteiger partial charge in [-0.15, -0.1) is 0 Å². The third-order valence-corrected chi connectivity index (χ3v) is 3.21. The number of nitriles is 1. The Kier molecular flexibility index (Phi) is 6.46. The van der Waals surface area contributed by atoms with Gasteiger partial charge in [0.15, 0.2) is 0 Å². The predicted octanol–water partition coefficient (Wildman–Crippen LogP) is 3.04. The van der Waals surface area contributed by atoms with Gasteiger partial charge >= 0.3 is 0 Å². The fraction of sp³-hybridized carbons (Fsp3) is 0.500. The van der Waals surface area contributed by atoms with Crippen molar-refractivity contribution in [1.29, 1.82) is 5.26 Å². The molecule has 0 aliphatic carbocycles. The highest BCUT2D eigenvalue weighted by Gasteiger charge is 2.22. The van der Waals surface area contributed by atoms with Crippen LogP contribution in [-0.2, 0) is 0 Å². The van der Waals surface area contributed by atoms with E-state index in [1.54, 1.807) is 17.2 Å². The lowest BCUT2D eigenvalue weighted by atomic mass is 10.2. The summed E-state index contributed by atoms with van der Waals surface area (Å²) in [5.41, 5.74) is 0.521. The Morgan fingerprint density at radius 3 is 2.85 bits per heavy atom. The monoisotopic (exact) mass is 338 g/mol. The predicted molar refractivity (Wildman–Crippen MR) is 82.5 cm³/mol. The minimum atomic E-state index is -0.111.